The number of nitrogens with two attached hydrogens (primary N) is 1. The highest BCUT2D eigenvalue weighted by molar-refractivity contribution is 5.83. The van der Waals surface area contributed by atoms with Crippen molar-refractivity contribution in [2.45, 2.75) is 19.8 Å². The van der Waals surface area contributed by atoms with Crippen molar-refractivity contribution in [2.75, 3.05) is 24.2 Å². The molecule has 0 aliphatic carbocycles. The Morgan fingerprint density at radius 3 is 2.67 bits per heavy atom. The number of rotatable bonds is 6. The molecule has 0 saturated carbocycles. The van der Waals surface area contributed by atoms with Gasteiger partial charge in [-0.15, -0.1) is 0 Å². The third-order valence-electron chi connectivity index (χ3n) is 3.97. The van der Waals surface area contributed by atoms with Crippen molar-refractivity contribution in [2.24, 2.45) is 0 Å². The van der Waals surface area contributed by atoms with Gasteiger partial charge in [-0.25, -0.2) is 4.98 Å². The van der Waals surface area contributed by atoms with E-state index in [1.165, 1.54) is 11.7 Å². The van der Waals surface area contributed by atoms with Crippen molar-refractivity contribution in [1.29, 1.82) is 0 Å². The third-order valence-corrected chi connectivity index (χ3v) is 3.97. The third kappa shape index (κ3) is 3.40. The Morgan fingerprint density at radius 1 is 1.08 bits per heavy atom. The number of nitrogen functional groups attached to an aromatic ring is 1. The van der Waals surface area contributed by atoms with Crippen LogP contribution in [0.3, 0.4) is 0 Å². The molecule has 0 aliphatic rings. The van der Waals surface area contributed by atoms with Crippen molar-refractivity contribution in [3.05, 3.63) is 48.8 Å². The van der Waals surface area contributed by atoms with E-state index >= 15 is 0 Å². The minimum Gasteiger partial charge on any atom is -0.437 e. The fourth-order valence-corrected chi connectivity index (χ4v) is 2.60. The van der Waals surface area contributed by atoms with Gasteiger partial charge in [0.25, 0.3) is 0 Å². The van der Waals surface area contributed by atoms with Gasteiger partial charge >= 0.3 is 0 Å². The lowest BCUT2D eigenvalue weighted by Gasteiger charge is -2.20. The van der Waals surface area contributed by atoms with E-state index in [2.05, 4.69) is 29.0 Å². The molecule has 0 aliphatic heterocycles. The van der Waals surface area contributed by atoms with E-state index in [1.807, 2.05) is 42.3 Å². The largest absolute Gasteiger partial charge is 0.437 e. The maximum Gasteiger partial charge on any atom is 0.248 e. The summed E-state index contributed by atoms with van der Waals surface area (Å²) >= 11 is 0. The van der Waals surface area contributed by atoms with Gasteiger partial charge in [-0.2, -0.15) is 4.98 Å². The van der Waals surface area contributed by atoms with E-state index in [-0.39, 0.29) is 0 Å². The number of ether oxygens (including phenoxy) is 1. The molecule has 0 radical (unpaired) electrons. The summed E-state index contributed by atoms with van der Waals surface area (Å²) in [4.78, 5) is 10.5. The summed E-state index contributed by atoms with van der Waals surface area (Å²) in [5, 5.41) is 2.28. The minimum atomic E-state index is 0.388. The Morgan fingerprint density at radius 2 is 1.88 bits per heavy atom. The molecule has 0 amide bonds. The van der Waals surface area contributed by atoms with Gasteiger partial charge in [-0.3, -0.25) is 0 Å². The van der Waals surface area contributed by atoms with Crippen molar-refractivity contribution in [3.63, 3.8) is 0 Å². The fourth-order valence-electron chi connectivity index (χ4n) is 2.60. The van der Waals surface area contributed by atoms with Crippen LogP contribution >= 0.6 is 0 Å². The lowest BCUT2D eigenvalue weighted by atomic mass is 10.1. The number of hydrogen-bond acceptors (Lipinski definition) is 5. The molecule has 124 valence electrons. The molecular formula is C19H22N4O. The lowest BCUT2D eigenvalue weighted by Crippen LogP contribution is -2.21. The molecule has 3 rings (SSSR count). The van der Waals surface area contributed by atoms with Gasteiger partial charge in [0, 0.05) is 13.6 Å². The Kier molecular flexibility index (Phi) is 4.79. The molecule has 5 nitrogen and oxygen atoms in total. The molecule has 0 saturated heterocycles. The van der Waals surface area contributed by atoms with Crippen LogP contribution in [0.4, 0.5) is 11.5 Å². The zero-order valence-electron chi connectivity index (χ0n) is 14.1. The van der Waals surface area contributed by atoms with Crippen LogP contribution in [0.1, 0.15) is 19.8 Å². The number of unbranched alkanes of at least 4 members (excludes halogenated alkanes) is 1. The summed E-state index contributed by atoms with van der Waals surface area (Å²) in [7, 11) is 1.98. The second-order valence-electron chi connectivity index (χ2n) is 5.80. The first-order valence-electron chi connectivity index (χ1n) is 8.17. The summed E-state index contributed by atoms with van der Waals surface area (Å²) < 4.78 is 5.91. The Hall–Kier alpha value is -2.82. The average Bonchev–Trinajstić information content (AvgIpc) is 2.61. The summed E-state index contributed by atoms with van der Waals surface area (Å²) in [6.07, 6.45) is 3.70. The predicted octanol–water partition coefficient (Wildman–Crippen LogP) is 4.24. The van der Waals surface area contributed by atoms with Crippen molar-refractivity contribution in [1.82, 2.24) is 9.97 Å². The molecular weight excluding hydrogens is 300 g/mol. The summed E-state index contributed by atoms with van der Waals surface area (Å²) in [5.41, 5.74) is 6.69. The molecule has 2 N–H and O–H groups in total. The minimum absolute atomic E-state index is 0.388. The highest BCUT2D eigenvalue weighted by Crippen LogP contribution is 2.32. The van der Waals surface area contributed by atoms with Gasteiger partial charge in [0.05, 0.1) is 0 Å². The second-order valence-corrected chi connectivity index (χ2v) is 5.80. The summed E-state index contributed by atoms with van der Waals surface area (Å²) in [6.45, 7) is 3.05. The first-order chi connectivity index (χ1) is 11.7. The topological polar surface area (TPSA) is 64.3 Å². The van der Waals surface area contributed by atoms with Gasteiger partial charge in [0.15, 0.2) is 5.82 Å². The van der Waals surface area contributed by atoms with Gasteiger partial charge in [-0.1, -0.05) is 43.7 Å². The van der Waals surface area contributed by atoms with Crippen molar-refractivity contribution >= 4 is 22.3 Å². The van der Waals surface area contributed by atoms with Crippen LogP contribution in [0.2, 0.25) is 0 Å². The first kappa shape index (κ1) is 16.1. The van der Waals surface area contributed by atoms with Crippen molar-refractivity contribution in [3.8, 4) is 11.6 Å². The van der Waals surface area contributed by atoms with E-state index in [9.17, 15) is 0 Å². The van der Waals surface area contributed by atoms with Gasteiger partial charge in [0.1, 0.15) is 17.8 Å². The number of nitrogens with zero attached hydrogens (tertiary/aromatic N) is 3. The van der Waals surface area contributed by atoms with Crippen LogP contribution in [0.15, 0.2) is 48.8 Å². The Bertz CT molecular complexity index is 834. The van der Waals surface area contributed by atoms with Crippen LogP contribution in [-0.2, 0) is 0 Å². The van der Waals surface area contributed by atoms with Crippen LogP contribution < -0.4 is 15.4 Å². The highest BCUT2D eigenvalue weighted by atomic mass is 16.5. The number of benzene rings is 2. The zero-order chi connectivity index (χ0) is 16.9. The standard InChI is InChI=1S/C19H22N4O/c1-3-4-11-23(2)18-17(20)19(22-13-21-18)24-16-10-9-14-7-5-6-8-15(14)12-16/h5-10,12-13H,3-4,11,20H2,1-2H3. The van der Waals surface area contributed by atoms with Gasteiger partial charge in [-0.05, 0) is 29.3 Å². The van der Waals surface area contributed by atoms with Gasteiger partial charge in [0.2, 0.25) is 5.88 Å². The van der Waals surface area contributed by atoms with Crippen molar-refractivity contribution < 1.29 is 4.74 Å². The lowest BCUT2D eigenvalue weighted by molar-refractivity contribution is 0.465. The van der Waals surface area contributed by atoms with E-state index in [1.54, 1.807) is 0 Å². The Balaban J connectivity index is 1.86. The van der Waals surface area contributed by atoms with E-state index in [0.29, 0.717) is 23.1 Å². The number of hydrogen-bond donors (Lipinski definition) is 1. The van der Waals surface area contributed by atoms with E-state index in [0.717, 1.165) is 24.8 Å². The molecule has 1 aromatic heterocycles. The molecule has 2 aromatic carbocycles. The van der Waals surface area contributed by atoms with Crippen LogP contribution in [0, 0.1) is 0 Å². The summed E-state index contributed by atoms with van der Waals surface area (Å²) in [6, 6.07) is 14.1. The fraction of sp³-hybridized carbons (Fsp3) is 0.263. The zero-order valence-corrected chi connectivity index (χ0v) is 14.1. The van der Waals surface area contributed by atoms with Crippen LogP contribution in [-0.4, -0.2) is 23.6 Å². The monoisotopic (exact) mass is 322 g/mol. The molecule has 0 atom stereocenters. The SMILES string of the molecule is CCCCN(C)c1ncnc(Oc2ccc3ccccc3c2)c1N. The van der Waals surface area contributed by atoms with E-state index in [4.69, 9.17) is 10.5 Å². The van der Waals surface area contributed by atoms with Gasteiger partial charge < -0.3 is 15.4 Å². The van der Waals surface area contributed by atoms with Crippen LogP contribution in [0.5, 0.6) is 11.6 Å². The van der Waals surface area contributed by atoms with Crippen LogP contribution in [0.25, 0.3) is 10.8 Å². The number of fused-ring (bicyclic) bond motifs is 1. The smallest absolute Gasteiger partial charge is 0.248 e. The molecule has 0 unspecified atom stereocenters. The highest BCUT2D eigenvalue weighted by Gasteiger charge is 2.13. The second kappa shape index (κ2) is 7.17. The predicted molar refractivity (Wildman–Crippen MR) is 98.6 cm³/mol. The molecule has 0 bridgehead atoms. The molecule has 5 heteroatoms. The number of aromatic nitrogens is 2. The molecule has 1 heterocycles. The molecule has 0 spiro atoms. The maximum absolute atomic E-state index is 6.22. The quantitative estimate of drug-likeness (QED) is 0.735. The molecule has 0 fully saturated rings. The van der Waals surface area contributed by atoms with E-state index < -0.39 is 0 Å². The average molecular weight is 322 g/mol. The first-order valence-corrected chi connectivity index (χ1v) is 8.17. The molecule has 3 aromatic rings. The summed E-state index contributed by atoms with van der Waals surface area (Å²) in [5.74, 6) is 1.80. The number of anilines is 2. The Labute approximate surface area is 142 Å². The molecule has 24 heavy (non-hydrogen) atoms. The normalized spacial score (nSPS) is 10.8. The maximum atomic E-state index is 6.22.